The molecule has 24 heavy (non-hydrogen) atoms. The first kappa shape index (κ1) is 17.6. The highest BCUT2D eigenvalue weighted by Crippen LogP contribution is 2.33. The summed E-state index contributed by atoms with van der Waals surface area (Å²) in [7, 11) is 0. The fourth-order valence-corrected chi connectivity index (χ4v) is 1.99. The van der Waals surface area contributed by atoms with Crippen LogP contribution in [-0.4, -0.2) is 25.2 Å². The van der Waals surface area contributed by atoms with E-state index in [1.54, 1.807) is 30.3 Å². The summed E-state index contributed by atoms with van der Waals surface area (Å²) in [6.45, 7) is 0.264. The largest absolute Gasteiger partial charge is 0.492 e. The summed E-state index contributed by atoms with van der Waals surface area (Å²) in [4.78, 5) is 11.7. The topological polar surface area (TPSA) is 38.3 Å². The maximum Gasteiger partial charge on any atom is 0.417 e. The Morgan fingerprint density at radius 2 is 1.58 bits per heavy atom. The summed E-state index contributed by atoms with van der Waals surface area (Å²) in [6, 6.07) is 16.1. The summed E-state index contributed by atoms with van der Waals surface area (Å²) >= 11 is 0. The van der Waals surface area contributed by atoms with Crippen LogP contribution in [0.3, 0.4) is 0 Å². The van der Waals surface area contributed by atoms with Crippen LogP contribution in [0, 0.1) is 0 Å². The highest BCUT2D eigenvalue weighted by atomic mass is 19.4. The molecule has 0 saturated heterocycles. The van der Waals surface area contributed by atoms with Crippen molar-refractivity contribution in [2.45, 2.75) is 6.18 Å². The number of halogens is 3. The first-order chi connectivity index (χ1) is 11.5. The molecule has 0 unspecified atom stereocenters. The van der Waals surface area contributed by atoms with Gasteiger partial charge in [-0.15, -0.1) is 0 Å². The number of nitrogens with one attached hydrogen (secondary N) is 1. The Hall–Kier alpha value is -2.76. The molecule has 3 nitrogen and oxygen atoms in total. The number of rotatable bonds is 6. The number of hydrogen-bond donors (Lipinski definition) is 1. The normalized spacial score (nSPS) is 11.9. The molecule has 1 N–H and O–H groups in total. The van der Waals surface area contributed by atoms with E-state index in [2.05, 4.69) is 5.32 Å². The molecule has 0 aliphatic carbocycles. The van der Waals surface area contributed by atoms with E-state index in [1.807, 2.05) is 6.07 Å². The van der Waals surface area contributed by atoms with Crippen molar-refractivity contribution >= 4 is 11.5 Å². The van der Waals surface area contributed by atoms with Crippen LogP contribution in [0.4, 0.5) is 13.2 Å². The van der Waals surface area contributed by atoms with E-state index in [4.69, 9.17) is 4.74 Å². The predicted octanol–water partition coefficient (Wildman–Crippen LogP) is 3.83. The lowest BCUT2D eigenvalue weighted by atomic mass is 10.1. The number of hydrogen-bond acceptors (Lipinski definition) is 2. The second-order valence-electron chi connectivity index (χ2n) is 4.87. The lowest BCUT2D eigenvalue weighted by Gasteiger charge is -2.12. The van der Waals surface area contributed by atoms with E-state index < -0.39 is 17.7 Å². The summed E-state index contributed by atoms with van der Waals surface area (Å²) in [5.41, 5.74) is -1.04. The maximum absolute atomic E-state index is 13.1. The van der Waals surface area contributed by atoms with Crippen LogP contribution >= 0.6 is 0 Å². The summed E-state index contributed by atoms with van der Waals surface area (Å²) in [5, 5.41) is 2.38. The number of ether oxygens (including phenoxy) is 1. The molecule has 0 spiro atoms. The minimum Gasteiger partial charge on any atom is -0.492 e. The number of allylic oxidation sites excluding steroid dienone is 1. The maximum atomic E-state index is 13.1. The molecule has 0 saturated carbocycles. The minimum absolute atomic E-state index is 0.0549. The molecule has 0 aliphatic heterocycles. The van der Waals surface area contributed by atoms with Gasteiger partial charge in [0, 0.05) is 6.08 Å². The van der Waals surface area contributed by atoms with Crippen LogP contribution in [0.5, 0.6) is 5.75 Å². The van der Waals surface area contributed by atoms with E-state index in [-0.39, 0.29) is 18.7 Å². The zero-order valence-corrected chi connectivity index (χ0v) is 12.7. The van der Waals surface area contributed by atoms with Gasteiger partial charge in [0.05, 0.1) is 12.1 Å². The molecule has 0 radical (unpaired) electrons. The molecule has 0 heterocycles. The van der Waals surface area contributed by atoms with Gasteiger partial charge in [0.1, 0.15) is 12.4 Å². The Morgan fingerprint density at radius 3 is 2.17 bits per heavy atom. The molecule has 0 atom stereocenters. The highest BCUT2D eigenvalue weighted by molar-refractivity contribution is 5.96. The lowest BCUT2D eigenvalue weighted by Crippen LogP contribution is -2.27. The van der Waals surface area contributed by atoms with Crippen molar-refractivity contribution in [2.24, 2.45) is 0 Å². The van der Waals surface area contributed by atoms with Crippen molar-refractivity contribution in [3.05, 3.63) is 72.3 Å². The van der Waals surface area contributed by atoms with E-state index in [0.29, 0.717) is 11.8 Å². The van der Waals surface area contributed by atoms with Crippen LogP contribution < -0.4 is 10.1 Å². The van der Waals surface area contributed by atoms with Gasteiger partial charge in [-0.1, -0.05) is 48.5 Å². The zero-order chi connectivity index (χ0) is 17.4. The fraction of sp³-hybridized carbons (Fsp3) is 0.167. The van der Waals surface area contributed by atoms with E-state index >= 15 is 0 Å². The Morgan fingerprint density at radius 1 is 1.00 bits per heavy atom. The lowest BCUT2D eigenvalue weighted by molar-refractivity contribution is -0.117. The van der Waals surface area contributed by atoms with Gasteiger partial charge in [0.15, 0.2) is 0 Å². The number of para-hydroxylation sites is 1. The van der Waals surface area contributed by atoms with Gasteiger partial charge < -0.3 is 10.1 Å². The smallest absolute Gasteiger partial charge is 0.417 e. The third kappa shape index (κ3) is 5.46. The fourth-order valence-electron chi connectivity index (χ4n) is 1.99. The molecule has 6 heteroatoms. The quantitative estimate of drug-likeness (QED) is 0.644. The average molecular weight is 335 g/mol. The van der Waals surface area contributed by atoms with Gasteiger partial charge in [0.25, 0.3) is 0 Å². The van der Waals surface area contributed by atoms with E-state index in [1.165, 1.54) is 24.3 Å². The number of benzene rings is 2. The molecule has 126 valence electrons. The van der Waals surface area contributed by atoms with Crippen LogP contribution in [-0.2, 0) is 4.79 Å². The monoisotopic (exact) mass is 335 g/mol. The second-order valence-corrected chi connectivity index (χ2v) is 4.87. The van der Waals surface area contributed by atoms with E-state index in [9.17, 15) is 18.0 Å². The minimum atomic E-state index is -4.61. The molecule has 2 aromatic rings. The van der Waals surface area contributed by atoms with E-state index in [0.717, 1.165) is 0 Å². The van der Waals surface area contributed by atoms with Crippen LogP contribution in [0.2, 0.25) is 0 Å². The molecule has 1 amide bonds. The second kappa shape index (κ2) is 8.19. The average Bonchev–Trinajstić information content (AvgIpc) is 2.57. The molecule has 0 bridgehead atoms. The highest BCUT2D eigenvalue weighted by Gasteiger charge is 2.35. The molecule has 0 aliphatic rings. The van der Waals surface area contributed by atoms with Gasteiger partial charge in [-0.3, -0.25) is 4.79 Å². The third-order valence-electron chi connectivity index (χ3n) is 3.08. The Bertz CT molecular complexity index is 682. The van der Waals surface area contributed by atoms with Crippen LogP contribution in [0.25, 0.3) is 5.57 Å². The van der Waals surface area contributed by atoms with Crippen molar-refractivity contribution in [2.75, 3.05) is 13.2 Å². The molecule has 0 aromatic heterocycles. The van der Waals surface area contributed by atoms with Gasteiger partial charge in [-0.05, 0) is 17.7 Å². The number of carbonyl (C=O) groups is 1. The first-order valence-electron chi connectivity index (χ1n) is 7.27. The molecule has 0 fully saturated rings. The Balaban J connectivity index is 1.93. The third-order valence-corrected chi connectivity index (χ3v) is 3.08. The van der Waals surface area contributed by atoms with Gasteiger partial charge in [-0.25, -0.2) is 0 Å². The van der Waals surface area contributed by atoms with Crippen molar-refractivity contribution in [1.82, 2.24) is 5.32 Å². The van der Waals surface area contributed by atoms with Crippen molar-refractivity contribution in [3.8, 4) is 5.75 Å². The Labute approximate surface area is 137 Å². The Kier molecular flexibility index (Phi) is 6.01. The van der Waals surface area contributed by atoms with Crippen molar-refractivity contribution in [3.63, 3.8) is 0 Å². The van der Waals surface area contributed by atoms with Crippen molar-refractivity contribution < 1.29 is 22.7 Å². The molecule has 2 rings (SSSR count). The molecule has 2 aromatic carbocycles. The van der Waals surface area contributed by atoms with Crippen molar-refractivity contribution in [1.29, 1.82) is 0 Å². The van der Waals surface area contributed by atoms with Crippen LogP contribution in [0.15, 0.2) is 66.7 Å². The first-order valence-corrected chi connectivity index (χ1v) is 7.27. The molecular weight excluding hydrogens is 319 g/mol. The molecular formula is C18H16F3NO2. The number of carbonyl (C=O) groups excluding carboxylic acids is 1. The summed E-state index contributed by atoms with van der Waals surface area (Å²) in [5.74, 6) is -0.189. The predicted molar refractivity (Wildman–Crippen MR) is 85.4 cm³/mol. The number of amides is 1. The van der Waals surface area contributed by atoms with Gasteiger partial charge in [0.2, 0.25) is 5.91 Å². The van der Waals surface area contributed by atoms with Crippen LogP contribution in [0.1, 0.15) is 5.56 Å². The summed E-state index contributed by atoms with van der Waals surface area (Å²) < 4.78 is 44.7. The van der Waals surface area contributed by atoms with Gasteiger partial charge >= 0.3 is 6.18 Å². The standard InChI is InChI=1S/C18H16F3NO2/c19-18(20,21)16(14-7-3-1-4-8-14)13-17(23)22-11-12-24-15-9-5-2-6-10-15/h1-10,13H,11-12H2,(H,22,23)/b16-13+. The number of alkyl halides is 3. The summed E-state index contributed by atoms with van der Waals surface area (Å²) in [6.07, 6.45) is -4.04. The zero-order valence-electron chi connectivity index (χ0n) is 12.7. The van der Waals surface area contributed by atoms with Gasteiger partial charge in [-0.2, -0.15) is 13.2 Å². The SMILES string of the molecule is O=C(/C=C(\c1ccccc1)C(F)(F)F)NCCOc1ccccc1.